The van der Waals surface area contributed by atoms with E-state index in [1.54, 1.807) is 13.8 Å². The molecule has 0 heterocycles. The third-order valence-corrected chi connectivity index (χ3v) is 3.24. The molecule has 0 aromatic rings. The fourth-order valence-corrected chi connectivity index (χ4v) is 1.48. The van der Waals surface area contributed by atoms with Crippen LogP contribution < -0.4 is 11.1 Å². The number of hydrogen-bond acceptors (Lipinski definition) is 3. The Morgan fingerprint density at radius 1 is 1.41 bits per heavy atom. The molecule has 0 bridgehead atoms. The van der Waals surface area contributed by atoms with E-state index in [0.29, 0.717) is 13.0 Å². The number of nitrogens with one attached hydrogen (secondary N) is 1. The van der Waals surface area contributed by atoms with Gasteiger partial charge in [0, 0.05) is 13.1 Å². The Bertz CT molecular complexity index is 268. The second-order valence-electron chi connectivity index (χ2n) is 4.66. The maximum absolute atomic E-state index is 11.8. The third-order valence-electron chi connectivity index (χ3n) is 3.24. The van der Waals surface area contributed by atoms with Crippen molar-refractivity contribution in [3.05, 3.63) is 0 Å². The van der Waals surface area contributed by atoms with Crippen LogP contribution in [-0.2, 0) is 9.59 Å². The Morgan fingerprint density at radius 3 is 2.35 bits per heavy atom. The van der Waals surface area contributed by atoms with Crippen molar-refractivity contribution < 1.29 is 14.7 Å². The Morgan fingerprint density at radius 2 is 2.00 bits per heavy atom. The van der Waals surface area contributed by atoms with Crippen molar-refractivity contribution in [2.24, 2.45) is 17.1 Å². The molecule has 4 N–H and O–H groups in total. The minimum atomic E-state index is -0.902. The predicted molar refractivity (Wildman–Crippen MR) is 66.5 cm³/mol. The quantitative estimate of drug-likeness (QED) is 0.593. The zero-order chi connectivity index (χ0) is 13.5. The molecular formula is C12H24N2O3. The lowest BCUT2D eigenvalue weighted by Crippen LogP contribution is -2.44. The number of rotatable bonds is 8. The first-order valence-electron chi connectivity index (χ1n) is 6.12. The molecular weight excluding hydrogens is 220 g/mol. The van der Waals surface area contributed by atoms with Crippen LogP contribution in [0.2, 0.25) is 0 Å². The van der Waals surface area contributed by atoms with E-state index in [-0.39, 0.29) is 18.4 Å². The van der Waals surface area contributed by atoms with Crippen LogP contribution in [0.1, 0.15) is 40.0 Å². The number of amides is 1. The van der Waals surface area contributed by atoms with Crippen LogP contribution in [-0.4, -0.2) is 30.1 Å². The molecule has 0 spiro atoms. The van der Waals surface area contributed by atoms with Crippen molar-refractivity contribution >= 4 is 11.9 Å². The van der Waals surface area contributed by atoms with Crippen molar-refractivity contribution in [2.75, 3.05) is 13.1 Å². The standard InChI is InChI=1S/C12H24N2O3/c1-4-6-9(7-13)10(15)14-8-12(3,5-2)11(16)17/h9H,4-8,13H2,1-3H3,(H,14,15)(H,16,17). The van der Waals surface area contributed by atoms with Crippen molar-refractivity contribution in [1.82, 2.24) is 5.32 Å². The summed E-state index contributed by atoms with van der Waals surface area (Å²) < 4.78 is 0. The summed E-state index contributed by atoms with van der Waals surface area (Å²) in [5.74, 6) is -1.25. The molecule has 0 aliphatic rings. The van der Waals surface area contributed by atoms with E-state index in [4.69, 9.17) is 10.8 Å². The largest absolute Gasteiger partial charge is 0.481 e. The van der Waals surface area contributed by atoms with E-state index in [1.807, 2.05) is 6.92 Å². The monoisotopic (exact) mass is 244 g/mol. The molecule has 17 heavy (non-hydrogen) atoms. The Balaban J connectivity index is 4.35. The minimum Gasteiger partial charge on any atom is -0.481 e. The molecule has 0 aromatic carbocycles. The van der Waals surface area contributed by atoms with Crippen molar-refractivity contribution in [1.29, 1.82) is 0 Å². The van der Waals surface area contributed by atoms with Crippen LogP contribution in [0.3, 0.4) is 0 Å². The van der Waals surface area contributed by atoms with Gasteiger partial charge in [-0.2, -0.15) is 0 Å². The van der Waals surface area contributed by atoms with Gasteiger partial charge >= 0.3 is 5.97 Å². The summed E-state index contributed by atoms with van der Waals surface area (Å²) in [5, 5.41) is 11.8. The first kappa shape index (κ1) is 15.9. The lowest BCUT2D eigenvalue weighted by molar-refractivity contribution is -0.148. The van der Waals surface area contributed by atoms with Crippen LogP contribution in [0.25, 0.3) is 0 Å². The number of carbonyl (C=O) groups excluding carboxylic acids is 1. The molecule has 2 atom stereocenters. The van der Waals surface area contributed by atoms with Crippen LogP contribution in [0.4, 0.5) is 0 Å². The van der Waals surface area contributed by atoms with Gasteiger partial charge in [-0.1, -0.05) is 20.3 Å². The maximum atomic E-state index is 11.8. The van der Waals surface area contributed by atoms with E-state index >= 15 is 0 Å². The number of hydrogen-bond donors (Lipinski definition) is 3. The molecule has 0 rings (SSSR count). The highest BCUT2D eigenvalue weighted by molar-refractivity contribution is 5.80. The lowest BCUT2D eigenvalue weighted by atomic mass is 9.87. The van der Waals surface area contributed by atoms with Gasteiger partial charge in [0.2, 0.25) is 5.91 Å². The van der Waals surface area contributed by atoms with Gasteiger partial charge in [0.25, 0.3) is 0 Å². The van der Waals surface area contributed by atoms with E-state index in [9.17, 15) is 9.59 Å². The van der Waals surface area contributed by atoms with Gasteiger partial charge in [0.1, 0.15) is 0 Å². The van der Waals surface area contributed by atoms with Gasteiger partial charge in [-0.05, 0) is 19.8 Å². The van der Waals surface area contributed by atoms with Gasteiger partial charge in [-0.15, -0.1) is 0 Å². The number of carboxylic acids is 1. The summed E-state index contributed by atoms with van der Waals surface area (Å²) in [5.41, 5.74) is 4.61. The molecule has 0 fully saturated rings. The highest BCUT2D eigenvalue weighted by atomic mass is 16.4. The number of nitrogens with two attached hydrogens (primary N) is 1. The molecule has 0 aromatic heterocycles. The SMILES string of the molecule is CCCC(CN)C(=O)NCC(C)(CC)C(=O)O. The summed E-state index contributed by atoms with van der Waals surface area (Å²) in [6.45, 7) is 5.87. The Kier molecular flexibility index (Phi) is 6.80. The molecule has 0 aliphatic carbocycles. The predicted octanol–water partition coefficient (Wildman–Crippen LogP) is 0.979. The van der Waals surface area contributed by atoms with Crippen LogP contribution >= 0.6 is 0 Å². The van der Waals surface area contributed by atoms with Crippen LogP contribution in [0, 0.1) is 11.3 Å². The molecule has 100 valence electrons. The highest BCUT2D eigenvalue weighted by Gasteiger charge is 2.32. The van der Waals surface area contributed by atoms with Crippen molar-refractivity contribution in [3.8, 4) is 0 Å². The highest BCUT2D eigenvalue weighted by Crippen LogP contribution is 2.20. The number of carboxylic acid groups (broad SMARTS) is 1. The molecule has 0 saturated carbocycles. The van der Waals surface area contributed by atoms with E-state index in [2.05, 4.69) is 5.32 Å². The fourth-order valence-electron chi connectivity index (χ4n) is 1.48. The van der Waals surface area contributed by atoms with Gasteiger partial charge in [-0.25, -0.2) is 0 Å². The second-order valence-corrected chi connectivity index (χ2v) is 4.66. The molecule has 5 nitrogen and oxygen atoms in total. The summed E-state index contributed by atoms with van der Waals surface area (Å²) >= 11 is 0. The molecule has 1 amide bonds. The topological polar surface area (TPSA) is 92.4 Å². The first-order chi connectivity index (χ1) is 7.91. The van der Waals surface area contributed by atoms with E-state index in [1.165, 1.54) is 0 Å². The normalized spacial score (nSPS) is 16.0. The maximum Gasteiger partial charge on any atom is 0.311 e. The summed E-state index contributed by atoms with van der Waals surface area (Å²) in [4.78, 5) is 22.8. The molecule has 0 saturated heterocycles. The molecule has 5 heteroatoms. The van der Waals surface area contributed by atoms with Crippen LogP contribution in [0.5, 0.6) is 0 Å². The second kappa shape index (κ2) is 7.27. The Hall–Kier alpha value is -1.10. The van der Waals surface area contributed by atoms with Gasteiger partial charge < -0.3 is 16.2 Å². The number of carbonyl (C=O) groups is 2. The number of aliphatic carboxylic acids is 1. The van der Waals surface area contributed by atoms with Gasteiger partial charge in [-0.3, -0.25) is 9.59 Å². The summed E-state index contributed by atoms with van der Waals surface area (Å²) in [6.07, 6.45) is 2.10. The average Bonchev–Trinajstić information content (AvgIpc) is 2.32. The molecule has 0 radical (unpaired) electrons. The van der Waals surface area contributed by atoms with Gasteiger partial charge in [0.05, 0.1) is 11.3 Å². The van der Waals surface area contributed by atoms with Crippen molar-refractivity contribution in [3.63, 3.8) is 0 Å². The van der Waals surface area contributed by atoms with E-state index < -0.39 is 11.4 Å². The summed E-state index contributed by atoms with van der Waals surface area (Å²) in [6, 6.07) is 0. The zero-order valence-corrected chi connectivity index (χ0v) is 11.0. The third kappa shape index (κ3) is 4.73. The lowest BCUT2D eigenvalue weighted by Gasteiger charge is -2.24. The minimum absolute atomic E-state index is 0.143. The summed E-state index contributed by atoms with van der Waals surface area (Å²) in [7, 11) is 0. The molecule has 0 aliphatic heterocycles. The molecule has 2 unspecified atom stereocenters. The fraction of sp³-hybridized carbons (Fsp3) is 0.833. The average molecular weight is 244 g/mol. The van der Waals surface area contributed by atoms with Crippen LogP contribution in [0.15, 0.2) is 0 Å². The van der Waals surface area contributed by atoms with Crippen molar-refractivity contribution in [2.45, 2.75) is 40.0 Å². The Labute approximate surface area is 103 Å². The smallest absolute Gasteiger partial charge is 0.311 e. The van der Waals surface area contributed by atoms with Gasteiger partial charge in [0.15, 0.2) is 0 Å². The zero-order valence-electron chi connectivity index (χ0n) is 11.0. The first-order valence-corrected chi connectivity index (χ1v) is 6.12. The van der Waals surface area contributed by atoms with E-state index in [0.717, 1.165) is 12.8 Å².